The molecule has 6 heteroatoms. The van der Waals surface area contributed by atoms with Crippen molar-refractivity contribution in [2.24, 2.45) is 0 Å². The minimum Gasteiger partial charge on any atom is -0.509 e. The molecule has 1 aliphatic rings. The minimum absolute atomic E-state index is 0. The molecule has 0 saturated heterocycles. The van der Waals surface area contributed by atoms with E-state index in [0.29, 0.717) is 11.5 Å². The molecule has 11 rings (SSSR count). The Labute approximate surface area is 478 Å². The van der Waals surface area contributed by atoms with Crippen molar-refractivity contribution in [1.82, 2.24) is 9.55 Å². The van der Waals surface area contributed by atoms with Gasteiger partial charge in [-0.05, 0) is 114 Å². The maximum atomic E-state index is 7.14. The summed E-state index contributed by atoms with van der Waals surface area (Å²) in [7, 11) is 0. The maximum Gasteiger partial charge on any atom is 0.135 e. The summed E-state index contributed by atoms with van der Waals surface area (Å²) in [5.74, 6) is 2.02. The number of benzene rings is 8. The number of ether oxygens (including phenoxy) is 1. The van der Waals surface area contributed by atoms with Crippen LogP contribution in [0.3, 0.4) is 0 Å². The van der Waals surface area contributed by atoms with Gasteiger partial charge in [-0.25, -0.2) is 4.98 Å². The summed E-state index contributed by atoms with van der Waals surface area (Å²) < 4.78 is 9.38. The Bertz CT molecular complexity index is 3820. The van der Waals surface area contributed by atoms with Gasteiger partial charge in [-0.3, -0.25) is 0 Å². The molecule has 10 aromatic rings. The van der Waals surface area contributed by atoms with Gasteiger partial charge in [-0.15, -0.1) is 53.6 Å². The molecule has 3 heterocycles. The van der Waals surface area contributed by atoms with Gasteiger partial charge in [-0.2, -0.15) is 6.07 Å². The van der Waals surface area contributed by atoms with E-state index in [4.69, 9.17) is 9.72 Å². The molecule has 0 N–H and O–H groups in total. The second kappa shape index (κ2) is 20.2. The number of anilines is 4. The topological polar surface area (TPSA) is 33.5 Å². The van der Waals surface area contributed by atoms with Gasteiger partial charge in [-0.1, -0.05) is 211 Å². The first-order valence-corrected chi connectivity index (χ1v) is 27.2. The summed E-state index contributed by atoms with van der Waals surface area (Å²) in [6.45, 7) is 32.0. The molecule has 0 amide bonds. The number of pyridine rings is 1. The van der Waals surface area contributed by atoms with Crippen LogP contribution in [-0.4, -0.2) is 9.55 Å². The van der Waals surface area contributed by atoms with Gasteiger partial charge in [0.25, 0.3) is 0 Å². The van der Waals surface area contributed by atoms with Gasteiger partial charge < -0.3 is 19.1 Å². The molecule has 8 aromatic carbocycles. The number of rotatable bonds is 10. The molecule has 0 aliphatic carbocycles. The molecule has 0 bridgehead atoms. The third-order valence-electron chi connectivity index (χ3n) is 16.0. The van der Waals surface area contributed by atoms with Crippen molar-refractivity contribution in [2.45, 2.75) is 117 Å². The first kappa shape index (κ1) is 54.2. The van der Waals surface area contributed by atoms with E-state index in [9.17, 15) is 0 Å². The van der Waals surface area contributed by atoms with Crippen molar-refractivity contribution in [1.29, 1.82) is 0 Å². The van der Waals surface area contributed by atoms with Crippen LogP contribution in [0.4, 0.5) is 22.7 Å². The standard InChI is InChI=1S/C72H71N4O.Pt/c1-68(2,3)52-30-34-64-66(43-52)75(47-74(64)57-39-54(70(7,8)9)38-55(40-57)71(10,11)50-25-19-15-20-26-50)58-41-56(72(12,13)51-27-21-16-22-28-51)42-60(45-58)77-59-31-32-61-62-37-49(48-23-17-14-18-24-48)29-33-63(62)76(65(61)46-59)67-44-53(35-36-73-67)69(4,5)6;/h14-44,47H,1-13H3;/q-3;. The predicted molar refractivity (Wildman–Crippen MR) is 323 cm³/mol. The van der Waals surface area contributed by atoms with Gasteiger partial charge in [0.05, 0.1) is 0 Å². The molecule has 0 atom stereocenters. The quantitative estimate of drug-likeness (QED) is 0.128. The summed E-state index contributed by atoms with van der Waals surface area (Å²) in [4.78, 5) is 9.70. The molecule has 0 saturated carbocycles. The zero-order valence-electron chi connectivity index (χ0n) is 47.5. The third kappa shape index (κ3) is 10.2. The first-order chi connectivity index (χ1) is 36.5. The van der Waals surface area contributed by atoms with E-state index in [-0.39, 0.29) is 42.7 Å². The average Bonchev–Trinajstić information content (AvgIpc) is 4.19. The van der Waals surface area contributed by atoms with Gasteiger partial charge in [0.1, 0.15) is 5.82 Å². The fourth-order valence-corrected chi connectivity index (χ4v) is 10.8. The Kier molecular flexibility index (Phi) is 14.0. The Morgan fingerprint density at radius 1 is 0.423 bits per heavy atom. The molecule has 78 heavy (non-hydrogen) atoms. The number of hydrogen-bond donors (Lipinski definition) is 0. The van der Waals surface area contributed by atoms with Gasteiger partial charge >= 0.3 is 0 Å². The number of hydrogen-bond acceptors (Lipinski definition) is 4. The summed E-state index contributed by atoms with van der Waals surface area (Å²) in [5, 5.41) is 2.19. The van der Waals surface area contributed by atoms with E-state index in [1.807, 2.05) is 12.3 Å². The van der Waals surface area contributed by atoms with Crippen LogP contribution in [0.5, 0.6) is 11.5 Å². The molecule has 0 unspecified atom stereocenters. The van der Waals surface area contributed by atoms with Crippen LogP contribution in [0, 0.1) is 18.8 Å². The van der Waals surface area contributed by atoms with E-state index >= 15 is 0 Å². The molecule has 2 aromatic heterocycles. The molecule has 0 fully saturated rings. The van der Waals surface area contributed by atoms with Gasteiger partial charge in [0.15, 0.2) is 0 Å². The van der Waals surface area contributed by atoms with Crippen LogP contribution in [0.2, 0.25) is 0 Å². The van der Waals surface area contributed by atoms with Crippen LogP contribution in [0.25, 0.3) is 38.8 Å². The summed E-state index contributed by atoms with van der Waals surface area (Å²) in [5.41, 5.74) is 16.1. The van der Waals surface area contributed by atoms with E-state index in [2.05, 4.69) is 299 Å². The zero-order valence-corrected chi connectivity index (χ0v) is 49.8. The van der Waals surface area contributed by atoms with Crippen molar-refractivity contribution in [3.8, 4) is 28.4 Å². The van der Waals surface area contributed by atoms with Crippen molar-refractivity contribution in [3.63, 3.8) is 0 Å². The Hall–Kier alpha value is -7.20. The molecule has 0 radical (unpaired) electrons. The Balaban J connectivity index is 0.00000688. The van der Waals surface area contributed by atoms with Gasteiger partial charge in [0, 0.05) is 66.8 Å². The number of nitrogens with zero attached hydrogens (tertiary/aromatic N) is 4. The first-order valence-electron chi connectivity index (χ1n) is 27.2. The van der Waals surface area contributed by atoms with Crippen LogP contribution >= 0.6 is 0 Å². The van der Waals surface area contributed by atoms with Crippen LogP contribution in [0.15, 0.2) is 188 Å². The second-order valence-corrected chi connectivity index (χ2v) is 25.2. The number of aromatic nitrogens is 2. The molecule has 0 spiro atoms. The largest absolute Gasteiger partial charge is 0.509 e. The Morgan fingerprint density at radius 3 is 1.64 bits per heavy atom. The van der Waals surface area contributed by atoms with E-state index in [1.54, 1.807) is 0 Å². The van der Waals surface area contributed by atoms with Crippen LogP contribution in [0.1, 0.15) is 129 Å². The molecule has 398 valence electrons. The normalized spacial score (nSPS) is 13.2. The van der Waals surface area contributed by atoms with Crippen LogP contribution < -0.4 is 14.5 Å². The monoisotopic (exact) mass is 1200 g/mol. The summed E-state index contributed by atoms with van der Waals surface area (Å²) >= 11 is 0. The summed E-state index contributed by atoms with van der Waals surface area (Å²) in [6, 6.07) is 73.7. The van der Waals surface area contributed by atoms with Crippen LogP contribution in [-0.2, 0) is 48.1 Å². The van der Waals surface area contributed by atoms with E-state index in [0.717, 1.165) is 61.5 Å². The summed E-state index contributed by atoms with van der Waals surface area (Å²) in [6.07, 6.45) is 1.92. The zero-order chi connectivity index (χ0) is 54.2. The van der Waals surface area contributed by atoms with Crippen molar-refractivity contribution in [2.75, 3.05) is 9.80 Å². The third-order valence-corrected chi connectivity index (χ3v) is 16.0. The van der Waals surface area contributed by atoms with E-state index < -0.39 is 5.41 Å². The smallest absolute Gasteiger partial charge is 0.135 e. The van der Waals surface area contributed by atoms with Gasteiger partial charge in [0.2, 0.25) is 0 Å². The minimum atomic E-state index is -0.405. The predicted octanol–water partition coefficient (Wildman–Crippen LogP) is 19.2. The SMILES string of the molecule is CC(C)(C)c1cc(N2[CH-]N(c3[c-]c(Oc4[c-]c5c(cc4)c4cc(-c6ccccc6)ccc4n5-c4cc(C(C)(C)C)ccn4)cc(C(C)(C)c4ccccc4)c3)c3cc(C(C)(C)C)ccc32)cc(C(C)(C)c2ccccc2)c1.[Pt]. The van der Waals surface area contributed by atoms with E-state index in [1.165, 1.54) is 38.9 Å². The fourth-order valence-electron chi connectivity index (χ4n) is 10.8. The van der Waals surface area contributed by atoms with Crippen molar-refractivity contribution >= 4 is 44.6 Å². The number of fused-ring (bicyclic) bond motifs is 4. The second-order valence-electron chi connectivity index (χ2n) is 25.2. The molecule has 1 aliphatic heterocycles. The van der Waals surface area contributed by atoms with Crippen molar-refractivity contribution in [3.05, 3.63) is 246 Å². The maximum absolute atomic E-state index is 7.14. The fraction of sp³-hybridized carbons (Fsp3) is 0.250. The molecule has 5 nitrogen and oxygen atoms in total. The molecular weight excluding hydrogens is 1130 g/mol. The molecular formula is C72H71N4OPt-3. The Morgan fingerprint density at radius 2 is 1.01 bits per heavy atom. The van der Waals surface area contributed by atoms with Crippen molar-refractivity contribution < 1.29 is 25.8 Å². The average molecular weight is 1200 g/mol.